The van der Waals surface area contributed by atoms with Gasteiger partial charge in [-0.15, -0.1) is 12.4 Å². The smallest absolute Gasteiger partial charge is 0.251 e. The first-order chi connectivity index (χ1) is 11.0. The molecule has 0 saturated carbocycles. The van der Waals surface area contributed by atoms with Gasteiger partial charge in [0.1, 0.15) is 0 Å². The van der Waals surface area contributed by atoms with Crippen molar-refractivity contribution in [2.24, 2.45) is 11.5 Å². The van der Waals surface area contributed by atoms with E-state index in [4.69, 9.17) is 11.5 Å². The van der Waals surface area contributed by atoms with Gasteiger partial charge in [-0.3, -0.25) is 14.4 Å². The van der Waals surface area contributed by atoms with Crippen molar-refractivity contribution in [2.45, 2.75) is 32.1 Å². The molecule has 7 nitrogen and oxygen atoms in total. The molecule has 0 spiro atoms. The molecule has 3 amide bonds. The maximum Gasteiger partial charge on any atom is 0.251 e. The van der Waals surface area contributed by atoms with Crippen LogP contribution < -0.4 is 22.1 Å². The summed E-state index contributed by atoms with van der Waals surface area (Å²) >= 11 is 0. The molecule has 0 aliphatic heterocycles. The molecule has 0 unspecified atom stereocenters. The van der Waals surface area contributed by atoms with Gasteiger partial charge in [0.2, 0.25) is 11.8 Å². The molecule has 8 heteroatoms. The van der Waals surface area contributed by atoms with E-state index in [2.05, 4.69) is 10.6 Å². The van der Waals surface area contributed by atoms with Gasteiger partial charge in [-0.05, 0) is 37.6 Å². The maximum atomic E-state index is 11.8. The number of carbonyl (C=O) groups is 3. The van der Waals surface area contributed by atoms with Gasteiger partial charge in [-0.1, -0.05) is 18.9 Å². The Morgan fingerprint density at radius 3 is 2.42 bits per heavy atom. The molecule has 0 radical (unpaired) electrons. The summed E-state index contributed by atoms with van der Waals surface area (Å²) in [4.78, 5) is 34.3. The fourth-order valence-electron chi connectivity index (χ4n) is 2.01. The minimum absolute atomic E-state index is 0. The first-order valence-electron chi connectivity index (χ1n) is 7.69. The van der Waals surface area contributed by atoms with Crippen LogP contribution in [0.1, 0.15) is 42.5 Å². The zero-order valence-corrected chi connectivity index (χ0v) is 14.4. The predicted octanol–water partition coefficient (Wildman–Crippen LogP) is 1.17. The van der Waals surface area contributed by atoms with Gasteiger partial charge >= 0.3 is 0 Å². The van der Waals surface area contributed by atoms with Crippen LogP contribution in [0.15, 0.2) is 24.3 Å². The normalized spacial score (nSPS) is 9.71. The monoisotopic (exact) mass is 356 g/mol. The zero-order chi connectivity index (χ0) is 17.1. The van der Waals surface area contributed by atoms with Crippen LogP contribution in [0.2, 0.25) is 0 Å². The average Bonchev–Trinajstić information content (AvgIpc) is 2.52. The van der Waals surface area contributed by atoms with Crippen LogP contribution in [-0.2, 0) is 9.59 Å². The summed E-state index contributed by atoms with van der Waals surface area (Å²) in [6.07, 6.45) is 4.22. The molecule has 0 saturated heterocycles. The van der Waals surface area contributed by atoms with Gasteiger partial charge in [0.15, 0.2) is 0 Å². The molecule has 0 fully saturated rings. The number of hydrogen-bond donors (Lipinski definition) is 4. The van der Waals surface area contributed by atoms with Gasteiger partial charge in [-0.25, -0.2) is 0 Å². The standard InChI is InChI=1S/C16H24N4O3.ClH/c17-9-4-2-1-3-8-15(22)20-13-7-5-6-12(10-13)16(23)19-11-14(18)21;/h5-7,10H,1-4,8-9,11,17H2,(H2,18,21)(H,19,23)(H,20,22);1H. The summed E-state index contributed by atoms with van der Waals surface area (Å²) < 4.78 is 0. The second kappa shape index (κ2) is 12.3. The van der Waals surface area contributed by atoms with E-state index in [9.17, 15) is 14.4 Å². The van der Waals surface area contributed by atoms with E-state index in [1.807, 2.05) is 0 Å². The third kappa shape index (κ3) is 9.12. The molecule has 0 heterocycles. The zero-order valence-electron chi connectivity index (χ0n) is 13.5. The van der Waals surface area contributed by atoms with E-state index in [0.29, 0.717) is 24.2 Å². The van der Waals surface area contributed by atoms with Crippen LogP contribution in [0.25, 0.3) is 0 Å². The van der Waals surface area contributed by atoms with Crippen LogP contribution in [0.3, 0.4) is 0 Å². The molecular formula is C16H25ClN4O3. The number of carbonyl (C=O) groups excluding carboxylic acids is 3. The number of rotatable bonds is 10. The van der Waals surface area contributed by atoms with Crippen molar-refractivity contribution in [1.82, 2.24) is 5.32 Å². The SMILES string of the molecule is Cl.NCCCCCCC(=O)Nc1cccc(C(=O)NCC(N)=O)c1. The summed E-state index contributed by atoms with van der Waals surface area (Å²) in [6.45, 7) is 0.453. The van der Waals surface area contributed by atoms with Crippen LogP contribution in [0.4, 0.5) is 5.69 Å². The number of halogens is 1. The molecule has 6 N–H and O–H groups in total. The molecule has 24 heavy (non-hydrogen) atoms. The Balaban J connectivity index is 0.00000529. The number of amides is 3. The van der Waals surface area contributed by atoms with Crippen LogP contribution in [0, 0.1) is 0 Å². The summed E-state index contributed by atoms with van der Waals surface area (Å²) in [7, 11) is 0. The van der Waals surface area contributed by atoms with Gasteiger partial charge in [0.25, 0.3) is 5.91 Å². The molecular weight excluding hydrogens is 332 g/mol. The van der Waals surface area contributed by atoms with Crippen molar-refractivity contribution >= 4 is 35.8 Å². The van der Waals surface area contributed by atoms with E-state index in [1.54, 1.807) is 24.3 Å². The first kappa shape index (κ1) is 21.9. The highest BCUT2D eigenvalue weighted by atomic mass is 35.5. The maximum absolute atomic E-state index is 11.8. The molecule has 0 aromatic heterocycles. The van der Waals surface area contributed by atoms with Crippen molar-refractivity contribution in [3.05, 3.63) is 29.8 Å². The van der Waals surface area contributed by atoms with Crippen molar-refractivity contribution in [3.8, 4) is 0 Å². The Labute approximate surface area is 147 Å². The Kier molecular flexibility index (Phi) is 11.2. The van der Waals surface area contributed by atoms with Gasteiger partial charge in [0, 0.05) is 17.7 Å². The number of hydrogen-bond acceptors (Lipinski definition) is 4. The lowest BCUT2D eigenvalue weighted by Crippen LogP contribution is -2.33. The Bertz CT molecular complexity index is 552. The summed E-state index contributed by atoms with van der Waals surface area (Å²) in [5.41, 5.74) is 11.3. The van der Waals surface area contributed by atoms with Crippen LogP contribution in [0.5, 0.6) is 0 Å². The molecule has 1 rings (SSSR count). The van der Waals surface area contributed by atoms with E-state index in [1.165, 1.54) is 0 Å². The Hall–Kier alpha value is -2.12. The minimum Gasteiger partial charge on any atom is -0.368 e. The quantitative estimate of drug-likeness (QED) is 0.469. The number of nitrogens with one attached hydrogen (secondary N) is 2. The molecule has 0 bridgehead atoms. The second-order valence-electron chi connectivity index (χ2n) is 5.23. The molecule has 0 atom stereocenters. The number of anilines is 1. The van der Waals surface area contributed by atoms with Crippen molar-refractivity contribution in [1.29, 1.82) is 0 Å². The Morgan fingerprint density at radius 2 is 1.75 bits per heavy atom. The highest BCUT2D eigenvalue weighted by molar-refractivity contribution is 5.98. The Morgan fingerprint density at radius 1 is 1.04 bits per heavy atom. The third-order valence-electron chi connectivity index (χ3n) is 3.19. The van der Waals surface area contributed by atoms with E-state index >= 15 is 0 Å². The van der Waals surface area contributed by atoms with Gasteiger partial charge in [-0.2, -0.15) is 0 Å². The van der Waals surface area contributed by atoms with Crippen molar-refractivity contribution in [2.75, 3.05) is 18.4 Å². The summed E-state index contributed by atoms with van der Waals surface area (Å²) in [5.74, 6) is -1.12. The van der Waals surface area contributed by atoms with E-state index in [-0.39, 0.29) is 24.9 Å². The summed E-state index contributed by atoms with van der Waals surface area (Å²) in [6, 6.07) is 6.52. The lowest BCUT2D eigenvalue weighted by atomic mass is 10.1. The fourth-order valence-corrected chi connectivity index (χ4v) is 2.01. The number of benzene rings is 1. The molecule has 134 valence electrons. The lowest BCUT2D eigenvalue weighted by molar-refractivity contribution is -0.117. The number of primary amides is 1. The molecule has 0 aliphatic carbocycles. The van der Waals surface area contributed by atoms with Crippen molar-refractivity contribution < 1.29 is 14.4 Å². The topological polar surface area (TPSA) is 127 Å². The molecule has 0 aliphatic rings. The van der Waals surface area contributed by atoms with E-state index < -0.39 is 11.8 Å². The predicted molar refractivity (Wildman–Crippen MR) is 96.0 cm³/mol. The highest BCUT2D eigenvalue weighted by Crippen LogP contribution is 2.12. The average molecular weight is 357 g/mol. The van der Waals surface area contributed by atoms with Crippen LogP contribution in [-0.4, -0.2) is 30.8 Å². The highest BCUT2D eigenvalue weighted by Gasteiger charge is 2.08. The van der Waals surface area contributed by atoms with E-state index in [0.717, 1.165) is 25.7 Å². The largest absolute Gasteiger partial charge is 0.368 e. The fraction of sp³-hybridized carbons (Fsp3) is 0.438. The number of unbranched alkanes of at least 4 members (excludes halogenated alkanes) is 3. The second-order valence-corrected chi connectivity index (χ2v) is 5.23. The van der Waals surface area contributed by atoms with Gasteiger partial charge in [0.05, 0.1) is 6.54 Å². The molecule has 1 aromatic carbocycles. The van der Waals surface area contributed by atoms with Crippen LogP contribution >= 0.6 is 12.4 Å². The first-order valence-corrected chi connectivity index (χ1v) is 7.69. The summed E-state index contributed by atoms with van der Waals surface area (Å²) in [5, 5.41) is 5.15. The van der Waals surface area contributed by atoms with Crippen molar-refractivity contribution in [3.63, 3.8) is 0 Å². The minimum atomic E-state index is -0.613. The third-order valence-corrected chi connectivity index (χ3v) is 3.19. The lowest BCUT2D eigenvalue weighted by Gasteiger charge is -2.08. The van der Waals surface area contributed by atoms with Gasteiger partial charge < -0.3 is 22.1 Å². The number of nitrogens with two attached hydrogens (primary N) is 2. The molecule has 1 aromatic rings.